The largest absolute Gasteiger partial charge is 0.482 e. The van der Waals surface area contributed by atoms with Gasteiger partial charge in [-0.05, 0) is 42.9 Å². The number of benzene rings is 1. The fourth-order valence-electron chi connectivity index (χ4n) is 3.34. The zero-order chi connectivity index (χ0) is 16.9. The highest BCUT2D eigenvalue weighted by Crippen LogP contribution is 2.34. The van der Waals surface area contributed by atoms with Crippen LogP contribution < -0.4 is 4.74 Å². The number of hydrogen-bond acceptors (Lipinski definition) is 3. The number of ether oxygens (including phenoxy) is 1. The number of carboxylic acids is 1. The zero-order valence-electron chi connectivity index (χ0n) is 13.9. The maximum Gasteiger partial charge on any atom is 0.341 e. The van der Waals surface area contributed by atoms with Gasteiger partial charge in [0.25, 0.3) is 5.91 Å². The van der Waals surface area contributed by atoms with Crippen LogP contribution in [0.1, 0.15) is 49.9 Å². The summed E-state index contributed by atoms with van der Waals surface area (Å²) >= 11 is 0. The van der Waals surface area contributed by atoms with Crippen molar-refractivity contribution in [1.82, 2.24) is 4.90 Å². The van der Waals surface area contributed by atoms with Gasteiger partial charge >= 0.3 is 5.97 Å². The van der Waals surface area contributed by atoms with Crippen molar-refractivity contribution < 1.29 is 19.4 Å². The monoisotopic (exact) mass is 319 g/mol. The molecule has 0 radical (unpaired) electrons. The number of amides is 1. The van der Waals surface area contributed by atoms with Crippen molar-refractivity contribution in [2.75, 3.05) is 19.7 Å². The van der Waals surface area contributed by atoms with Gasteiger partial charge in [0.1, 0.15) is 5.75 Å². The van der Waals surface area contributed by atoms with Crippen molar-refractivity contribution in [2.24, 2.45) is 5.41 Å². The van der Waals surface area contributed by atoms with Crippen molar-refractivity contribution in [1.29, 1.82) is 0 Å². The number of nitrogens with zero attached hydrogens (tertiary/aromatic N) is 1. The molecule has 5 nitrogen and oxygen atoms in total. The highest BCUT2D eigenvalue weighted by molar-refractivity contribution is 5.94. The fraction of sp³-hybridized carbons (Fsp3) is 0.556. The molecule has 0 spiro atoms. The van der Waals surface area contributed by atoms with Gasteiger partial charge in [-0.15, -0.1) is 0 Å². The Morgan fingerprint density at radius 2 is 2.17 bits per heavy atom. The summed E-state index contributed by atoms with van der Waals surface area (Å²) in [5.74, 6) is -0.632. The number of carboxylic acid groups (broad SMARTS) is 1. The van der Waals surface area contributed by atoms with E-state index in [0.717, 1.165) is 38.8 Å². The van der Waals surface area contributed by atoms with Crippen LogP contribution in [0.5, 0.6) is 5.75 Å². The summed E-state index contributed by atoms with van der Waals surface area (Å²) in [6, 6.07) is 6.76. The molecule has 0 aromatic heterocycles. The van der Waals surface area contributed by atoms with Gasteiger partial charge < -0.3 is 14.7 Å². The molecule has 1 fully saturated rings. The Balaban J connectivity index is 2.07. The lowest BCUT2D eigenvalue weighted by molar-refractivity contribution is -0.139. The minimum absolute atomic E-state index is 0.00666. The van der Waals surface area contributed by atoms with Gasteiger partial charge in [-0.25, -0.2) is 4.79 Å². The van der Waals surface area contributed by atoms with Gasteiger partial charge in [0.15, 0.2) is 6.61 Å². The van der Waals surface area contributed by atoms with E-state index in [4.69, 9.17) is 9.84 Å². The third-order valence-corrected chi connectivity index (χ3v) is 4.37. The molecule has 1 amide bonds. The lowest BCUT2D eigenvalue weighted by atomic mass is 9.78. The smallest absolute Gasteiger partial charge is 0.341 e. The van der Waals surface area contributed by atoms with E-state index in [0.29, 0.717) is 11.3 Å². The maximum atomic E-state index is 12.7. The first-order chi connectivity index (χ1) is 10.9. The van der Waals surface area contributed by atoms with E-state index in [2.05, 4.69) is 13.8 Å². The van der Waals surface area contributed by atoms with Crippen LogP contribution in [0.2, 0.25) is 0 Å². The highest BCUT2D eigenvalue weighted by Gasteiger charge is 2.32. The number of aliphatic carboxylic acids is 1. The number of carbonyl (C=O) groups excluding carboxylic acids is 1. The molecule has 1 heterocycles. The van der Waals surface area contributed by atoms with E-state index < -0.39 is 12.6 Å². The molecule has 23 heavy (non-hydrogen) atoms. The Hall–Kier alpha value is -2.04. The van der Waals surface area contributed by atoms with Crippen molar-refractivity contribution in [3.8, 4) is 5.75 Å². The summed E-state index contributed by atoms with van der Waals surface area (Å²) in [5.41, 5.74) is 0.744. The summed E-state index contributed by atoms with van der Waals surface area (Å²) < 4.78 is 5.15. The van der Waals surface area contributed by atoms with Crippen molar-refractivity contribution >= 4 is 11.9 Å². The normalized spacial score (nSPS) is 21.0. The van der Waals surface area contributed by atoms with Crippen molar-refractivity contribution in [3.63, 3.8) is 0 Å². The predicted molar refractivity (Wildman–Crippen MR) is 87.7 cm³/mol. The maximum absolute atomic E-state index is 12.7. The Labute approximate surface area is 137 Å². The third kappa shape index (κ3) is 4.71. The minimum Gasteiger partial charge on any atom is -0.482 e. The molecule has 5 heteroatoms. The molecule has 1 aromatic carbocycles. The predicted octanol–water partition coefficient (Wildman–Crippen LogP) is 3.19. The molecule has 1 saturated heterocycles. The molecule has 1 aliphatic heterocycles. The number of piperidine rings is 1. The second kappa shape index (κ2) is 7.49. The molecular formula is C18H25NO4. The molecule has 1 unspecified atom stereocenters. The molecule has 1 aliphatic rings. The molecule has 0 saturated carbocycles. The van der Waals surface area contributed by atoms with E-state index in [9.17, 15) is 9.59 Å². The van der Waals surface area contributed by atoms with Gasteiger partial charge in [-0.1, -0.05) is 26.3 Å². The zero-order valence-corrected chi connectivity index (χ0v) is 13.9. The van der Waals surface area contributed by atoms with Gasteiger partial charge in [-0.3, -0.25) is 4.79 Å². The second-order valence-electron chi connectivity index (χ2n) is 6.60. The summed E-state index contributed by atoms with van der Waals surface area (Å²) in [6.45, 7) is 5.58. The highest BCUT2D eigenvalue weighted by atomic mass is 16.5. The van der Waals surface area contributed by atoms with Gasteiger partial charge in [0, 0.05) is 18.7 Å². The average Bonchev–Trinajstić information content (AvgIpc) is 2.52. The first kappa shape index (κ1) is 17.3. The number of likely N-dealkylation sites (tertiary alicyclic amines) is 1. The quantitative estimate of drug-likeness (QED) is 0.874. The SMILES string of the molecule is CCCC1(C)CCCN(C(=O)c2cccc(OCC(=O)O)c2)C1. The van der Waals surface area contributed by atoms with E-state index in [1.54, 1.807) is 24.3 Å². The molecule has 0 bridgehead atoms. The van der Waals surface area contributed by atoms with Gasteiger partial charge in [-0.2, -0.15) is 0 Å². The van der Waals surface area contributed by atoms with E-state index in [1.807, 2.05) is 4.90 Å². The average molecular weight is 319 g/mol. The minimum atomic E-state index is -1.03. The van der Waals surface area contributed by atoms with Crippen LogP contribution in [-0.2, 0) is 4.79 Å². The Bertz CT molecular complexity index is 568. The van der Waals surface area contributed by atoms with E-state index in [-0.39, 0.29) is 11.3 Å². The van der Waals surface area contributed by atoms with Crippen LogP contribution in [0.4, 0.5) is 0 Å². The molecular weight excluding hydrogens is 294 g/mol. The first-order valence-corrected chi connectivity index (χ1v) is 8.17. The lowest BCUT2D eigenvalue weighted by Crippen LogP contribution is -2.44. The number of hydrogen-bond donors (Lipinski definition) is 1. The van der Waals surface area contributed by atoms with Crippen LogP contribution in [-0.4, -0.2) is 41.6 Å². The lowest BCUT2D eigenvalue weighted by Gasteiger charge is -2.40. The van der Waals surface area contributed by atoms with Gasteiger partial charge in [0.2, 0.25) is 0 Å². The van der Waals surface area contributed by atoms with Crippen LogP contribution in [0.15, 0.2) is 24.3 Å². The molecule has 1 atom stereocenters. The summed E-state index contributed by atoms with van der Waals surface area (Å²) in [7, 11) is 0. The van der Waals surface area contributed by atoms with E-state index >= 15 is 0 Å². The summed E-state index contributed by atoms with van der Waals surface area (Å²) in [4.78, 5) is 25.2. The molecule has 2 rings (SSSR count). The Morgan fingerprint density at radius 1 is 1.39 bits per heavy atom. The van der Waals surface area contributed by atoms with Crippen molar-refractivity contribution in [3.05, 3.63) is 29.8 Å². The first-order valence-electron chi connectivity index (χ1n) is 8.17. The Morgan fingerprint density at radius 3 is 2.87 bits per heavy atom. The Kier molecular flexibility index (Phi) is 5.64. The van der Waals surface area contributed by atoms with Crippen LogP contribution in [0.3, 0.4) is 0 Å². The molecule has 0 aliphatic carbocycles. The van der Waals surface area contributed by atoms with Crippen LogP contribution >= 0.6 is 0 Å². The topological polar surface area (TPSA) is 66.8 Å². The number of carbonyl (C=O) groups is 2. The standard InChI is InChI=1S/C18H25NO4/c1-3-8-18(2)9-5-10-19(13-18)17(22)14-6-4-7-15(11-14)23-12-16(20)21/h4,6-7,11H,3,5,8-10,12-13H2,1-2H3,(H,20,21). The van der Waals surface area contributed by atoms with E-state index in [1.165, 1.54) is 0 Å². The molecule has 1 aromatic rings. The fourth-order valence-corrected chi connectivity index (χ4v) is 3.34. The molecule has 126 valence electrons. The number of rotatable bonds is 6. The molecule has 1 N–H and O–H groups in total. The second-order valence-corrected chi connectivity index (χ2v) is 6.60. The van der Waals surface area contributed by atoms with Crippen LogP contribution in [0, 0.1) is 5.41 Å². The van der Waals surface area contributed by atoms with Gasteiger partial charge in [0.05, 0.1) is 0 Å². The van der Waals surface area contributed by atoms with Crippen molar-refractivity contribution in [2.45, 2.75) is 39.5 Å². The van der Waals surface area contributed by atoms with Crippen LogP contribution in [0.25, 0.3) is 0 Å². The summed E-state index contributed by atoms with van der Waals surface area (Å²) in [5, 5.41) is 8.67. The third-order valence-electron chi connectivity index (χ3n) is 4.37. The summed E-state index contributed by atoms with van der Waals surface area (Å²) in [6.07, 6.45) is 4.43.